The Labute approximate surface area is 120 Å². The third-order valence-corrected chi connectivity index (χ3v) is 4.84. The van der Waals surface area contributed by atoms with Gasteiger partial charge in [-0.1, -0.05) is 24.4 Å². The van der Waals surface area contributed by atoms with E-state index in [1.807, 2.05) is 0 Å². The van der Waals surface area contributed by atoms with Crippen LogP contribution in [0.2, 0.25) is 5.02 Å². The fourth-order valence-corrected chi connectivity index (χ4v) is 3.75. The summed E-state index contributed by atoms with van der Waals surface area (Å²) in [5.41, 5.74) is 6.99. The molecule has 0 bridgehead atoms. The Kier molecular flexibility index (Phi) is 3.46. The molecule has 2 N–H and O–H groups in total. The fraction of sp³-hybridized carbons (Fsp3) is 0.357. The zero-order chi connectivity index (χ0) is 13.4. The molecule has 0 aliphatic heterocycles. The Balaban J connectivity index is 2.00. The average molecular weight is 297 g/mol. The molecule has 0 saturated heterocycles. The van der Waals surface area contributed by atoms with E-state index in [0.717, 1.165) is 17.8 Å². The highest BCUT2D eigenvalue weighted by Gasteiger charge is 2.23. The van der Waals surface area contributed by atoms with Crippen molar-refractivity contribution in [2.24, 2.45) is 0 Å². The SMILES string of the molecule is Nc1sc(C2CCCC2)nc1-c1ccc(Cl)cc1F. The summed E-state index contributed by atoms with van der Waals surface area (Å²) in [4.78, 5) is 4.56. The summed E-state index contributed by atoms with van der Waals surface area (Å²) >= 11 is 7.25. The van der Waals surface area contributed by atoms with E-state index in [-0.39, 0.29) is 5.82 Å². The summed E-state index contributed by atoms with van der Waals surface area (Å²) in [6.07, 6.45) is 4.81. The molecule has 0 radical (unpaired) electrons. The van der Waals surface area contributed by atoms with Crippen LogP contribution in [-0.2, 0) is 0 Å². The lowest BCUT2D eigenvalue weighted by atomic mass is 10.1. The Hall–Kier alpha value is -1.13. The number of hydrogen-bond acceptors (Lipinski definition) is 3. The maximum absolute atomic E-state index is 13.9. The van der Waals surface area contributed by atoms with Crippen molar-refractivity contribution in [3.8, 4) is 11.3 Å². The number of rotatable bonds is 2. The Morgan fingerprint density at radius 2 is 2.05 bits per heavy atom. The van der Waals surface area contributed by atoms with Crippen LogP contribution in [0.1, 0.15) is 36.6 Å². The molecule has 0 atom stereocenters. The summed E-state index contributed by atoms with van der Waals surface area (Å²) in [6, 6.07) is 4.60. The maximum atomic E-state index is 13.9. The number of thiazole rings is 1. The lowest BCUT2D eigenvalue weighted by Gasteiger charge is -2.03. The molecule has 1 saturated carbocycles. The van der Waals surface area contributed by atoms with Crippen LogP contribution < -0.4 is 5.73 Å². The molecule has 1 aromatic heterocycles. The minimum absolute atomic E-state index is 0.373. The third-order valence-electron chi connectivity index (χ3n) is 3.56. The molecule has 100 valence electrons. The second kappa shape index (κ2) is 5.10. The lowest BCUT2D eigenvalue weighted by molar-refractivity contribution is 0.630. The number of nitrogens with zero attached hydrogens (tertiary/aromatic N) is 1. The number of anilines is 1. The highest BCUT2D eigenvalue weighted by molar-refractivity contribution is 7.16. The van der Waals surface area contributed by atoms with E-state index in [1.54, 1.807) is 12.1 Å². The van der Waals surface area contributed by atoms with Crippen molar-refractivity contribution in [2.45, 2.75) is 31.6 Å². The van der Waals surface area contributed by atoms with Gasteiger partial charge in [0, 0.05) is 16.5 Å². The van der Waals surface area contributed by atoms with Crippen molar-refractivity contribution >= 4 is 27.9 Å². The topological polar surface area (TPSA) is 38.9 Å². The van der Waals surface area contributed by atoms with Crippen LogP contribution in [0.5, 0.6) is 0 Å². The molecular weight excluding hydrogens is 283 g/mol. The van der Waals surface area contributed by atoms with Crippen LogP contribution in [0.4, 0.5) is 9.39 Å². The third kappa shape index (κ3) is 2.47. The fourth-order valence-electron chi connectivity index (χ4n) is 2.57. The van der Waals surface area contributed by atoms with E-state index in [2.05, 4.69) is 4.98 Å². The van der Waals surface area contributed by atoms with E-state index in [9.17, 15) is 4.39 Å². The number of aromatic nitrogens is 1. The molecule has 1 aliphatic carbocycles. The Morgan fingerprint density at radius 3 is 2.74 bits per heavy atom. The van der Waals surface area contributed by atoms with Crippen LogP contribution in [0.15, 0.2) is 18.2 Å². The summed E-state index contributed by atoms with van der Waals surface area (Å²) in [5, 5.41) is 2.01. The normalized spacial score (nSPS) is 16.1. The number of halogens is 2. The van der Waals surface area contributed by atoms with Crippen molar-refractivity contribution in [3.63, 3.8) is 0 Å². The van der Waals surface area contributed by atoms with Gasteiger partial charge in [-0.3, -0.25) is 0 Å². The molecule has 2 nitrogen and oxygen atoms in total. The predicted molar refractivity (Wildman–Crippen MR) is 78.1 cm³/mol. The lowest BCUT2D eigenvalue weighted by Crippen LogP contribution is -1.92. The molecule has 1 heterocycles. The second-order valence-electron chi connectivity index (χ2n) is 4.87. The highest BCUT2D eigenvalue weighted by Crippen LogP contribution is 2.41. The molecule has 3 rings (SSSR count). The molecule has 1 aliphatic rings. The van der Waals surface area contributed by atoms with E-state index >= 15 is 0 Å². The van der Waals surface area contributed by atoms with Crippen LogP contribution in [0.3, 0.4) is 0 Å². The first kappa shape index (κ1) is 12.9. The number of hydrogen-bond donors (Lipinski definition) is 1. The van der Waals surface area contributed by atoms with Gasteiger partial charge in [-0.2, -0.15) is 0 Å². The first-order chi connectivity index (χ1) is 9.15. The molecule has 2 aromatic rings. The number of nitrogens with two attached hydrogens (primary N) is 1. The molecule has 1 aromatic carbocycles. The van der Waals surface area contributed by atoms with Crippen molar-refractivity contribution < 1.29 is 4.39 Å². The van der Waals surface area contributed by atoms with Crippen molar-refractivity contribution in [3.05, 3.63) is 34.0 Å². The van der Waals surface area contributed by atoms with E-state index in [4.69, 9.17) is 17.3 Å². The molecule has 19 heavy (non-hydrogen) atoms. The first-order valence-electron chi connectivity index (χ1n) is 6.37. The largest absolute Gasteiger partial charge is 0.389 e. The van der Waals surface area contributed by atoms with Crippen LogP contribution in [0, 0.1) is 5.82 Å². The van der Waals surface area contributed by atoms with E-state index in [1.165, 1.54) is 30.2 Å². The first-order valence-corrected chi connectivity index (χ1v) is 7.56. The van der Waals surface area contributed by atoms with Crippen LogP contribution in [-0.4, -0.2) is 4.98 Å². The molecule has 0 spiro atoms. The highest BCUT2D eigenvalue weighted by atomic mass is 35.5. The molecule has 5 heteroatoms. The van der Waals surface area contributed by atoms with Crippen LogP contribution in [0.25, 0.3) is 11.3 Å². The van der Waals surface area contributed by atoms with Crippen molar-refractivity contribution in [1.29, 1.82) is 0 Å². The maximum Gasteiger partial charge on any atom is 0.134 e. The summed E-state index contributed by atoms with van der Waals surface area (Å²) in [6.45, 7) is 0. The number of benzene rings is 1. The molecule has 1 fully saturated rings. The van der Waals surface area contributed by atoms with Crippen molar-refractivity contribution in [1.82, 2.24) is 4.98 Å². The second-order valence-corrected chi connectivity index (χ2v) is 6.37. The van der Waals surface area contributed by atoms with Gasteiger partial charge < -0.3 is 5.73 Å². The van der Waals surface area contributed by atoms with Gasteiger partial charge in [-0.05, 0) is 31.0 Å². The zero-order valence-electron chi connectivity index (χ0n) is 10.3. The van der Waals surface area contributed by atoms with Gasteiger partial charge in [-0.25, -0.2) is 9.37 Å². The van der Waals surface area contributed by atoms with Gasteiger partial charge in [0.25, 0.3) is 0 Å². The minimum Gasteiger partial charge on any atom is -0.389 e. The van der Waals surface area contributed by atoms with Crippen molar-refractivity contribution in [2.75, 3.05) is 5.73 Å². The monoisotopic (exact) mass is 296 g/mol. The minimum atomic E-state index is -0.373. The summed E-state index contributed by atoms with van der Waals surface area (Å²) in [7, 11) is 0. The van der Waals surface area contributed by atoms with Gasteiger partial charge in [0.2, 0.25) is 0 Å². The zero-order valence-corrected chi connectivity index (χ0v) is 11.9. The summed E-state index contributed by atoms with van der Waals surface area (Å²) < 4.78 is 13.9. The Bertz CT molecular complexity index is 605. The Morgan fingerprint density at radius 1 is 1.32 bits per heavy atom. The van der Waals surface area contributed by atoms with Gasteiger partial charge in [0.05, 0.1) is 5.01 Å². The van der Waals surface area contributed by atoms with Gasteiger partial charge >= 0.3 is 0 Å². The summed E-state index contributed by atoms with van der Waals surface area (Å²) in [5.74, 6) is 0.124. The quantitative estimate of drug-likeness (QED) is 0.861. The van der Waals surface area contributed by atoms with Gasteiger partial charge in [0.15, 0.2) is 0 Å². The molecule has 0 amide bonds. The molecule has 0 unspecified atom stereocenters. The smallest absolute Gasteiger partial charge is 0.134 e. The number of nitrogen functional groups attached to an aromatic ring is 1. The average Bonchev–Trinajstić information content (AvgIpc) is 2.98. The standard InChI is InChI=1S/C14H14ClFN2S/c15-9-5-6-10(11(16)7-9)12-13(17)19-14(18-12)8-3-1-2-4-8/h5-8H,1-4,17H2. The van der Waals surface area contributed by atoms with E-state index < -0.39 is 0 Å². The molecular formula is C14H14ClFN2S. The van der Waals surface area contributed by atoms with Gasteiger partial charge in [0.1, 0.15) is 16.5 Å². The van der Waals surface area contributed by atoms with Gasteiger partial charge in [-0.15, -0.1) is 11.3 Å². The predicted octanol–water partition coefficient (Wildman–Crippen LogP) is 4.84. The van der Waals surface area contributed by atoms with Crippen LogP contribution >= 0.6 is 22.9 Å². The van der Waals surface area contributed by atoms with E-state index in [0.29, 0.717) is 27.2 Å².